The molecule has 0 spiro atoms. The molecule has 0 saturated carbocycles. The van der Waals surface area contributed by atoms with E-state index in [1.165, 1.54) is 0 Å². The lowest BCUT2D eigenvalue weighted by Gasteiger charge is -2.28. The first kappa shape index (κ1) is 15.1. The largest absolute Gasteiger partial charge is 0.378 e. The summed E-state index contributed by atoms with van der Waals surface area (Å²) in [6, 6.07) is 6.21. The third kappa shape index (κ3) is 2.53. The van der Waals surface area contributed by atoms with E-state index in [4.69, 9.17) is 9.72 Å². The van der Waals surface area contributed by atoms with Crippen LogP contribution in [0.3, 0.4) is 0 Å². The number of aromatic nitrogens is 4. The minimum Gasteiger partial charge on any atom is -0.378 e. The van der Waals surface area contributed by atoms with Gasteiger partial charge in [-0.3, -0.25) is 4.98 Å². The van der Waals surface area contributed by atoms with E-state index in [0.717, 1.165) is 66.7 Å². The molecule has 24 heavy (non-hydrogen) atoms. The van der Waals surface area contributed by atoms with Crippen LogP contribution in [0.5, 0.6) is 0 Å². The van der Waals surface area contributed by atoms with Crippen LogP contribution in [0.2, 0.25) is 0 Å². The minimum atomic E-state index is 0.753. The van der Waals surface area contributed by atoms with Crippen molar-refractivity contribution in [2.45, 2.75) is 20.3 Å². The number of fused-ring (bicyclic) bond motifs is 1. The van der Waals surface area contributed by atoms with E-state index in [9.17, 15) is 0 Å². The Morgan fingerprint density at radius 1 is 1.17 bits per heavy atom. The van der Waals surface area contributed by atoms with Crippen molar-refractivity contribution in [3.63, 3.8) is 0 Å². The van der Waals surface area contributed by atoms with Gasteiger partial charge in [-0.2, -0.15) is 5.10 Å². The van der Waals surface area contributed by atoms with E-state index in [2.05, 4.69) is 34.0 Å². The van der Waals surface area contributed by atoms with Gasteiger partial charge in [0.2, 0.25) is 0 Å². The molecule has 4 rings (SSSR count). The molecule has 0 amide bonds. The maximum Gasteiger partial charge on any atom is 0.178 e. The van der Waals surface area contributed by atoms with Crippen molar-refractivity contribution in [1.82, 2.24) is 19.6 Å². The quantitative estimate of drug-likeness (QED) is 0.741. The maximum absolute atomic E-state index is 5.46. The van der Waals surface area contributed by atoms with Gasteiger partial charge in [0, 0.05) is 30.5 Å². The first-order valence-corrected chi connectivity index (χ1v) is 8.40. The first-order chi connectivity index (χ1) is 11.8. The van der Waals surface area contributed by atoms with Crippen molar-refractivity contribution < 1.29 is 4.74 Å². The highest BCUT2D eigenvalue weighted by molar-refractivity contribution is 5.75. The predicted molar refractivity (Wildman–Crippen MR) is 93.4 cm³/mol. The van der Waals surface area contributed by atoms with E-state index >= 15 is 0 Å². The third-order valence-corrected chi connectivity index (χ3v) is 4.48. The molecule has 0 radical (unpaired) electrons. The molecule has 0 atom stereocenters. The Labute approximate surface area is 141 Å². The number of nitrogens with zero attached hydrogens (tertiary/aromatic N) is 5. The lowest BCUT2D eigenvalue weighted by molar-refractivity contribution is 0.123. The second-order valence-electron chi connectivity index (χ2n) is 5.99. The minimum absolute atomic E-state index is 0.753. The van der Waals surface area contributed by atoms with Crippen molar-refractivity contribution in [2.75, 3.05) is 31.2 Å². The molecule has 124 valence electrons. The third-order valence-electron chi connectivity index (χ3n) is 4.48. The van der Waals surface area contributed by atoms with Crippen molar-refractivity contribution in [1.29, 1.82) is 0 Å². The molecule has 1 fully saturated rings. The molecule has 1 aliphatic heterocycles. The smallest absolute Gasteiger partial charge is 0.178 e. The van der Waals surface area contributed by atoms with Gasteiger partial charge in [-0.05, 0) is 31.5 Å². The molecule has 0 N–H and O–H groups in total. The molecular weight excluding hydrogens is 302 g/mol. The number of pyridine rings is 1. The Kier molecular flexibility index (Phi) is 3.90. The van der Waals surface area contributed by atoms with Crippen LogP contribution >= 0.6 is 0 Å². The summed E-state index contributed by atoms with van der Waals surface area (Å²) < 4.78 is 7.39. The molecule has 1 aliphatic rings. The second kappa shape index (κ2) is 6.20. The van der Waals surface area contributed by atoms with E-state index in [1.54, 1.807) is 0 Å². The van der Waals surface area contributed by atoms with Crippen LogP contribution in [-0.2, 0) is 11.2 Å². The molecule has 0 bridgehead atoms. The number of anilines is 1. The average Bonchev–Trinajstić information content (AvgIpc) is 2.98. The Morgan fingerprint density at radius 3 is 2.71 bits per heavy atom. The lowest BCUT2D eigenvalue weighted by atomic mass is 10.1. The number of rotatable bonds is 3. The van der Waals surface area contributed by atoms with E-state index in [0.29, 0.717) is 0 Å². The average molecular weight is 323 g/mol. The normalized spacial score (nSPS) is 15.2. The monoisotopic (exact) mass is 323 g/mol. The number of imidazole rings is 1. The maximum atomic E-state index is 5.46. The van der Waals surface area contributed by atoms with Crippen LogP contribution in [0.15, 0.2) is 30.6 Å². The highest BCUT2D eigenvalue weighted by Gasteiger charge is 2.19. The van der Waals surface area contributed by atoms with Gasteiger partial charge < -0.3 is 9.64 Å². The van der Waals surface area contributed by atoms with Gasteiger partial charge in [0.1, 0.15) is 0 Å². The van der Waals surface area contributed by atoms with Gasteiger partial charge in [0.25, 0.3) is 0 Å². The summed E-state index contributed by atoms with van der Waals surface area (Å²) in [6.45, 7) is 7.41. The van der Waals surface area contributed by atoms with Crippen LogP contribution < -0.4 is 4.90 Å². The Bertz CT molecular complexity index is 850. The molecule has 0 aromatic carbocycles. The fourth-order valence-corrected chi connectivity index (χ4v) is 3.20. The van der Waals surface area contributed by atoms with Gasteiger partial charge in [-0.1, -0.05) is 6.92 Å². The van der Waals surface area contributed by atoms with Gasteiger partial charge in [-0.25, -0.2) is 9.50 Å². The molecule has 1 saturated heterocycles. The van der Waals surface area contributed by atoms with Crippen LogP contribution in [-0.4, -0.2) is 45.9 Å². The fraction of sp³-hybridized carbons (Fsp3) is 0.389. The summed E-state index contributed by atoms with van der Waals surface area (Å²) in [5.41, 5.74) is 6.12. The SMILES string of the molecule is CCc1ccc(-c2c(C)nc3c(N4CCOCC4)ccnn23)cn1. The number of aryl methyl sites for hydroxylation is 2. The van der Waals surface area contributed by atoms with Gasteiger partial charge in [0.05, 0.1) is 36.5 Å². The first-order valence-electron chi connectivity index (χ1n) is 8.40. The van der Waals surface area contributed by atoms with E-state index in [-0.39, 0.29) is 0 Å². The second-order valence-corrected chi connectivity index (χ2v) is 5.99. The molecular formula is C18H21N5O. The number of hydrogen-bond acceptors (Lipinski definition) is 5. The Morgan fingerprint density at radius 2 is 2.00 bits per heavy atom. The summed E-state index contributed by atoms with van der Waals surface area (Å²) in [7, 11) is 0. The molecule has 3 aromatic rings. The van der Waals surface area contributed by atoms with Crippen LogP contribution in [0.4, 0.5) is 5.69 Å². The molecule has 6 heteroatoms. The zero-order chi connectivity index (χ0) is 16.5. The number of morpholine rings is 1. The van der Waals surface area contributed by atoms with Gasteiger partial charge >= 0.3 is 0 Å². The summed E-state index contributed by atoms with van der Waals surface area (Å²) >= 11 is 0. The van der Waals surface area contributed by atoms with Crippen LogP contribution in [0.25, 0.3) is 16.9 Å². The summed E-state index contributed by atoms with van der Waals surface area (Å²) in [6.07, 6.45) is 4.69. The van der Waals surface area contributed by atoms with Crippen LogP contribution in [0, 0.1) is 6.92 Å². The molecule has 0 unspecified atom stereocenters. The standard InChI is InChI=1S/C18H21N5O/c1-3-15-5-4-14(12-19-15)17-13(2)21-18-16(6-7-20-23(17)18)22-8-10-24-11-9-22/h4-7,12H,3,8-11H2,1-2H3. The zero-order valence-electron chi connectivity index (χ0n) is 14.1. The van der Waals surface area contributed by atoms with E-state index in [1.807, 2.05) is 29.9 Å². The number of ether oxygens (including phenoxy) is 1. The Balaban J connectivity index is 1.83. The summed E-state index contributed by atoms with van der Waals surface area (Å²) in [4.78, 5) is 11.6. The number of hydrogen-bond donors (Lipinski definition) is 0. The summed E-state index contributed by atoms with van der Waals surface area (Å²) in [5.74, 6) is 0. The fourth-order valence-electron chi connectivity index (χ4n) is 3.20. The van der Waals surface area contributed by atoms with Crippen LogP contribution in [0.1, 0.15) is 18.3 Å². The van der Waals surface area contributed by atoms with Crippen molar-refractivity contribution >= 4 is 11.3 Å². The van der Waals surface area contributed by atoms with Gasteiger partial charge in [0.15, 0.2) is 5.65 Å². The lowest BCUT2D eigenvalue weighted by Crippen LogP contribution is -2.36. The molecule has 0 aliphatic carbocycles. The molecule has 6 nitrogen and oxygen atoms in total. The topological polar surface area (TPSA) is 55.5 Å². The van der Waals surface area contributed by atoms with Gasteiger partial charge in [-0.15, -0.1) is 0 Å². The van der Waals surface area contributed by atoms with Crippen molar-refractivity contribution in [2.24, 2.45) is 0 Å². The Hall–Kier alpha value is -2.47. The highest BCUT2D eigenvalue weighted by Crippen LogP contribution is 2.28. The van der Waals surface area contributed by atoms with Crippen molar-refractivity contribution in [3.8, 4) is 11.3 Å². The summed E-state index contributed by atoms with van der Waals surface area (Å²) in [5, 5.41) is 4.54. The molecule has 4 heterocycles. The van der Waals surface area contributed by atoms with E-state index < -0.39 is 0 Å². The molecule has 3 aromatic heterocycles. The zero-order valence-corrected chi connectivity index (χ0v) is 14.1. The predicted octanol–water partition coefficient (Wildman–Crippen LogP) is 2.50. The highest BCUT2D eigenvalue weighted by atomic mass is 16.5. The van der Waals surface area contributed by atoms with Crippen molar-refractivity contribution in [3.05, 3.63) is 42.0 Å².